The second kappa shape index (κ2) is 4.88. The molecule has 0 radical (unpaired) electrons. The average molecular weight is 233 g/mol. The highest BCUT2D eigenvalue weighted by Crippen LogP contribution is 2.28. The lowest BCUT2D eigenvalue weighted by Crippen LogP contribution is -2.48. The second-order valence-corrected chi connectivity index (χ2v) is 4.86. The molecule has 0 unspecified atom stereocenters. The monoisotopic (exact) mass is 233 g/mol. The van der Waals surface area contributed by atoms with Gasteiger partial charge in [-0.25, -0.2) is 4.79 Å². The van der Waals surface area contributed by atoms with E-state index in [9.17, 15) is 4.79 Å². The van der Waals surface area contributed by atoms with E-state index in [1.54, 1.807) is 0 Å². The van der Waals surface area contributed by atoms with Gasteiger partial charge in [-0.05, 0) is 31.5 Å². The Morgan fingerprint density at radius 1 is 1.29 bits per heavy atom. The SMILES string of the molecule is COC(=O)c1ccc(C2CN(C(C)C)C2)cc1. The lowest BCUT2D eigenvalue weighted by atomic mass is 9.90. The van der Waals surface area contributed by atoms with Crippen molar-refractivity contribution in [1.29, 1.82) is 0 Å². The molecule has 1 fully saturated rings. The highest BCUT2D eigenvalue weighted by Gasteiger charge is 2.29. The van der Waals surface area contributed by atoms with Crippen molar-refractivity contribution in [2.24, 2.45) is 0 Å². The Kier molecular flexibility index (Phi) is 3.48. The molecule has 92 valence electrons. The van der Waals surface area contributed by atoms with Crippen LogP contribution in [0.25, 0.3) is 0 Å². The summed E-state index contributed by atoms with van der Waals surface area (Å²) in [6.07, 6.45) is 0. The molecule has 0 aliphatic carbocycles. The smallest absolute Gasteiger partial charge is 0.337 e. The van der Waals surface area contributed by atoms with Crippen molar-refractivity contribution in [1.82, 2.24) is 4.90 Å². The van der Waals surface area contributed by atoms with Crippen LogP contribution in [0.2, 0.25) is 0 Å². The molecule has 0 amide bonds. The zero-order valence-electron chi connectivity index (χ0n) is 10.6. The molecule has 1 saturated heterocycles. The normalized spacial score (nSPS) is 16.9. The van der Waals surface area contributed by atoms with Crippen LogP contribution in [-0.4, -0.2) is 37.1 Å². The molecule has 3 nitrogen and oxygen atoms in total. The van der Waals surface area contributed by atoms with Gasteiger partial charge in [0.25, 0.3) is 0 Å². The Balaban J connectivity index is 1.98. The molecule has 1 aromatic carbocycles. The number of rotatable bonds is 3. The molecule has 3 heteroatoms. The molecule has 1 heterocycles. The van der Waals surface area contributed by atoms with E-state index >= 15 is 0 Å². The zero-order chi connectivity index (χ0) is 12.4. The summed E-state index contributed by atoms with van der Waals surface area (Å²) in [4.78, 5) is 13.7. The summed E-state index contributed by atoms with van der Waals surface area (Å²) in [6, 6.07) is 8.39. The van der Waals surface area contributed by atoms with Crippen molar-refractivity contribution < 1.29 is 9.53 Å². The Morgan fingerprint density at radius 3 is 2.35 bits per heavy atom. The van der Waals surface area contributed by atoms with Crippen molar-refractivity contribution in [2.45, 2.75) is 25.8 Å². The van der Waals surface area contributed by atoms with Crippen molar-refractivity contribution in [3.05, 3.63) is 35.4 Å². The Morgan fingerprint density at radius 2 is 1.88 bits per heavy atom. The third-order valence-corrected chi connectivity index (χ3v) is 3.44. The molecule has 0 aromatic heterocycles. The first-order valence-corrected chi connectivity index (χ1v) is 6.04. The number of benzene rings is 1. The first-order valence-electron chi connectivity index (χ1n) is 6.04. The van der Waals surface area contributed by atoms with Crippen LogP contribution in [0.3, 0.4) is 0 Å². The summed E-state index contributed by atoms with van der Waals surface area (Å²) < 4.78 is 4.68. The van der Waals surface area contributed by atoms with Crippen molar-refractivity contribution in [3.63, 3.8) is 0 Å². The predicted molar refractivity (Wildman–Crippen MR) is 67.2 cm³/mol. The summed E-state index contributed by atoms with van der Waals surface area (Å²) in [6.45, 7) is 6.68. The van der Waals surface area contributed by atoms with E-state index in [0.29, 0.717) is 17.5 Å². The van der Waals surface area contributed by atoms with Crippen LogP contribution in [-0.2, 0) is 4.74 Å². The Bertz CT molecular complexity index is 391. The Hall–Kier alpha value is -1.35. The average Bonchev–Trinajstić information content (AvgIpc) is 2.26. The predicted octanol–water partition coefficient (Wildman–Crippen LogP) is 2.28. The maximum Gasteiger partial charge on any atom is 0.337 e. The van der Waals surface area contributed by atoms with Gasteiger partial charge in [0.05, 0.1) is 12.7 Å². The van der Waals surface area contributed by atoms with E-state index < -0.39 is 0 Å². The second-order valence-electron chi connectivity index (χ2n) is 4.86. The fourth-order valence-corrected chi connectivity index (χ4v) is 2.15. The van der Waals surface area contributed by atoms with Crippen LogP contribution in [0.4, 0.5) is 0 Å². The van der Waals surface area contributed by atoms with Gasteiger partial charge in [0, 0.05) is 25.0 Å². The number of methoxy groups -OCH3 is 1. The van der Waals surface area contributed by atoms with Gasteiger partial charge in [-0.3, -0.25) is 4.90 Å². The first-order chi connectivity index (χ1) is 8.11. The maximum absolute atomic E-state index is 11.3. The van der Waals surface area contributed by atoms with Gasteiger partial charge in [-0.15, -0.1) is 0 Å². The topological polar surface area (TPSA) is 29.5 Å². The highest BCUT2D eigenvalue weighted by atomic mass is 16.5. The summed E-state index contributed by atoms with van der Waals surface area (Å²) in [5.41, 5.74) is 1.94. The minimum Gasteiger partial charge on any atom is -0.465 e. The lowest BCUT2D eigenvalue weighted by Gasteiger charge is -2.42. The number of ether oxygens (including phenoxy) is 1. The van der Waals surface area contributed by atoms with Gasteiger partial charge >= 0.3 is 5.97 Å². The molecule has 2 rings (SSSR count). The third-order valence-electron chi connectivity index (χ3n) is 3.44. The van der Waals surface area contributed by atoms with Crippen LogP contribution in [0.1, 0.15) is 35.7 Å². The van der Waals surface area contributed by atoms with Gasteiger partial charge < -0.3 is 4.74 Å². The van der Waals surface area contributed by atoms with E-state index in [0.717, 1.165) is 13.1 Å². The summed E-state index contributed by atoms with van der Waals surface area (Å²) in [5.74, 6) is 0.345. The highest BCUT2D eigenvalue weighted by molar-refractivity contribution is 5.89. The molecule has 0 atom stereocenters. The first kappa shape index (κ1) is 12.1. The molecule has 0 N–H and O–H groups in total. The maximum atomic E-state index is 11.3. The van der Waals surface area contributed by atoms with Crippen LogP contribution < -0.4 is 0 Å². The number of hydrogen-bond acceptors (Lipinski definition) is 3. The van der Waals surface area contributed by atoms with Crippen LogP contribution in [0.15, 0.2) is 24.3 Å². The largest absolute Gasteiger partial charge is 0.465 e. The molecule has 1 aliphatic rings. The van der Waals surface area contributed by atoms with Gasteiger partial charge in [0.1, 0.15) is 0 Å². The molecule has 17 heavy (non-hydrogen) atoms. The standard InChI is InChI=1S/C14H19NO2/c1-10(2)15-8-13(9-15)11-4-6-12(7-5-11)14(16)17-3/h4-7,10,13H,8-9H2,1-3H3. The van der Waals surface area contributed by atoms with E-state index in [-0.39, 0.29) is 5.97 Å². The van der Waals surface area contributed by atoms with Gasteiger partial charge in [-0.1, -0.05) is 12.1 Å². The van der Waals surface area contributed by atoms with Crippen molar-refractivity contribution in [3.8, 4) is 0 Å². The van der Waals surface area contributed by atoms with Crippen LogP contribution in [0, 0.1) is 0 Å². The summed E-state index contributed by atoms with van der Waals surface area (Å²) in [7, 11) is 1.41. The molecule has 1 aromatic rings. The minimum absolute atomic E-state index is 0.269. The van der Waals surface area contributed by atoms with Crippen molar-refractivity contribution in [2.75, 3.05) is 20.2 Å². The van der Waals surface area contributed by atoms with Crippen LogP contribution in [0.5, 0.6) is 0 Å². The van der Waals surface area contributed by atoms with E-state index in [1.165, 1.54) is 12.7 Å². The molecular formula is C14H19NO2. The zero-order valence-corrected chi connectivity index (χ0v) is 10.6. The van der Waals surface area contributed by atoms with Gasteiger partial charge in [0.2, 0.25) is 0 Å². The fourth-order valence-electron chi connectivity index (χ4n) is 2.15. The van der Waals surface area contributed by atoms with E-state index in [4.69, 9.17) is 0 Å². The molecule has 0 bridgehead atoms. The number of carbonyl (C=O) groups is 1. The molecular weight excluding hydrogens is 214 g/mol. The minimum atomic E-state index is -0.269. The fraction of sp³-hybridized carbons (Fsp3) is 0.500. The van der Waals surface area contributed by atoms with E-state index in [2.05, 4.69) is 23.5 Å². The number of nitrogens with zero attached hydrogens (tertiary/aromatic N) is 1. The number of esters is 1. The van der Waals surface area contributed by atoms with Gasteiger partial charge in [0.15, 0.2) is 0 Å². The van der Waals surface area contributed by atoms with Gasteiger partial charge in [-0.2, -0.15) is 0 Å². The van der Waals surface area contributed by atoms with E-state index in [1.807, 2.05) is 24.3 Å². The summed E-state index contributed by atoms with van der Waals surface area (Å²) >= 11 is 0. The molecule has 0 spiro atoms. The summed E-state index contributed by atoms with van der Waals surface area (Å²) in [5, 5.41) is 0. The van der Waals surface area contributed by atoms with Crippen LogP contribution >= 0.6 is 0 Å². The number of likely N-dealkylation sites (tertiary alicyclic amines) is 1. The Labute approximate surface area is 102 Å². The quantitative estimate of drug-likeness (QED) is 0.750. The number of carbonyl (C=O) groups excluding carboxylic acids is 1. The number of hydrogen-bond donors (Lipinski definition) is 0. The third kappa shape index (κ3) is 2.50. The molecule has 0 saturated carbocycles. The molecule has 1 aliphatic heterocycles. The van der Waals surface area contributed by atoms with Crippen molar-refractivity contribution >= 4 is 5.97 Å². The lowest BCUT2D eigenvalue weighted by molar-refractivity contribution is 0.0600.